The number of aliphatic hydroxyl groups is 1. The number of carbonyl (C=O) groups excluding carboxylic acids is 1. The van der Waals surface area contributed by atoms with Crippen LogP contribution in [0, 0.1) is 5.92 Å². The maximum absolute atomic E-state index is 12.2. The Kier molecular flexibility index (Phi) is 11.7. The Hall–Kier alpha value is -1.07. The Bertz CT molecular complexity index is 539. The molecule has 1 N–H and O–H groups in total. The number of ether oxygens (including phenoxy) is 2. The van der Waals surface area contributed by atoms with Gasteiger partial charge in [-0.3, -0.25) is 4.79 Å². The van der Waals surface area contributed by atoms with Crippen LogP contribution in [0.15, 0.2) is 24.3 Å². The van der Waals surface area contributed by atoms with Gasteiger partial charge in [-0.25, -0.2) is 0 Å². The minimum absolute atomic E-state index is 0.139. The summed E-state index contributed by atoms with van der Waals surface area (Å²) in [5, 5.41) is 10.8. The maximum atomic E-state index is 12.2. The fourth-order valence-corrected chi connectivity index (χ4v) is 3.47. The van der Waals surface area contributed by atoms with Crippen molar-refractivity contribution in [2.75, 3.05) is 19.0 Å². The van der Waals surface area contributed by atoms with Crippen LogP contribution in [0.25, 0.3) is 0 Å². The smallest absolute Gasteiger partial charge is 0.308 e. The van der Waals surface area contributed by atoms with Gasteiger partial charge in [0.1, 0.15) is 5.75 Å². The first kappa shape index (κ1) is 24.0. The Labute approximate surface area is 172 Å². The first-order chi connectivity index (χ1) is 12.9. The highest BCUT2D eigenvalue weighted by Crippen LogP contribution is 2.25. The number of alkyl halides is 1. The average Bonchev–Trinajstić information content (AvgIpc) is 2.63. The molecule has 0 spiro atoms. The van der Waals surface area contributed by atoms with Crippen molar-refractivity contribution in [1.82, 2.24) is 0 Å². The molecule has 154 valence electrons. The van der Waals surface area contributed by atoms with E-state index in [1.165, 1.54) is 20.0 Å². The van der Waals surface area contributed by atoms with Gasteiger partial charge in [-0.05, 0) is 57.6 Å². The second-order valence-electron chi connectivity index (χ2n) is 7.69. The van der Waals surface area contributed by atoms with E-state index in [4.69, 9.17) is 9.47 Å². The lowest BCUT2D eigenvalue weighted by molar-refractivity contribution is -0.145. The topological polar surface area (TPSA) is 55.8 Å². The first-order valence-corrected chi connectivity index (χ1v) is 11.1. The summed E-state index contributed by atoms with van der Waals surface area (Å²) in [7, 11) is 1.46. The second-order valence-corrected chi connectivity index (χ2v) is 8.48. The van der Waals surface area contributed by atoms with Gasteiger partial charge in [0.2, 0.25) is 0 Å². The highest BCUT2D eigenvalue weighted by atomic mass is 79.9. The number of carbonyl (C=O) groups is 1. The van der Waals surface area contributed by atoms with Crippen LogP contribution in [0.5, 0.6) is 5.75 Å². The minimum Gasteiger partial charge on any atom is -0.493 e. The summed E-state index contributed by atoms with van der Waals surface area (Å²) in [4.78, 5) is 12.2. The molecule has 4 nitrogen and oxygen atoms in total. The van der Waals surface area contributed by atoms with Crippen molar-refractivity contribution in [2.45, 2.75) is 70.8 Å². The molecule has 5 heteroatoms. The van der Waals surface area contributed by atoms with Gasteiger partial charge in [0.25, 0.3) is 0 Å². The van der Waals surface area contributed by atoms with Crippen molar-refractivity contribution < 1.29 is 19.4 Å². The van der Waals surface area contributed by atoms with Crippen LogP contribution in [0.4, 0.5) is 0 Å². The van der Waals surface area contributed by atoms with E-state index in [1.54, 1.807) is 13.8 Å². The van der Waals surface area contributed by atoms with E-state index < -0.39 is 5.60 Å². The molecule has 1 atom stereocenters. The van der Waals surface area contributed by atoms with Gasteiger partial charge in [-0.2, -0.15) is 0 Å². The average molecular weight is 443 g/mol. The quantitative estimate of drug-likeness (QED) is 0.241. The third kappa shape index (κ3) is 10.7. The zero-order chi connectivity index (χ0) is 20.1. The lowest BCUT2D eigenvalue weighted by Gasteiger charge is -2.19. The predicted molar refractivity (Wildman–Crippen MR) is 114 cm³/mol. The van der Waals surface area contributed by atoms with Crippen LogP contribution in [0.2, 0.25) is 0 Å². The molecule has 0 fully saturated rings. The zero-order valence-corrected chi connectivity index (χ0v) is 18.6. The normalized spacial score (nSPS) is 12.6. The molecule has 0 radical (unpaired) electrons. The van der Waals surface area contributed by atoms with Gasteiger partial charge < -0.3 is 14.6 Å². The molecule has 0 saturated carbocycles. The molecule has 0 aromatic heterocycles. The third-order valence-corrected chi connectivity index (χ3v) is 5.16. The van der Waals surface area contributed by atoms with Gasteiger partial charge in [0.15, 0.2) is 0 Å². The summed E-state index contributed by atoms with van der Waals surface area (Å²) < 4.78 is 11.0. The highest BCUT2D eigenvalue weighted by Gasteiger charge is 2.21. The van der Waals surface area contributed by atoms with Gasteiger partial charge in [-0.15, -0.1) is 0 Å². The number of unbranched alkanes of at least 4 members (excludes halogenated alkanes) is 3. The number of esters is 1. The van der Waals surface area contributed by atoms with Crippen molar-refractivity contribution in [3.05, 3.63) is 29.8 Å². The van der Waals surface area contributed by atoms with Crippen molar-refractivity contribution in [3.8, 4) is 5.75 Å². The molecule has 27 heavy (non-hydrogen) atoms. The Morgan fingerprint density at radius 3 is 2.52 bits per heavy atom. The first-order valence-electron chi connectivity index (χ1n) is 9.94. The van der Waals surface area contributed by atoms with E-state index in [2.05, 4.69) is 15.9 Å². The maximum Gasteiger partial charge on any atom is 0.308 e. The van der Waals surface area contributed by atoms with Crippen molar-refractivity contribution in [3.63, 3.8) is 0 Å². The van der Waals surface area contributed by atoms with Crippen LogP contribution < -0.4 is 4.74 Å². The molecule has 0 aliphatic rings. The fourth-order valence-electron chi connectivity index (χ4n) is 3.07. The SMILES string of the molecule is COC(=O)C(CCCCCCBr)Cc1ccccc1OCCCC(C)(C)O. The number of rotatable bonds is 14. The summed E-state index contributed by atoms with van der Waals surface area (Å²) in [6.45, 7) is 4.16. The van der Waals surface area contributed by atoms with Gasteiger partial charge in [0.05, 0.1) is 25.2 Å². The number of para-hydroxylation sites is 1. The summed E-state index contributed by atoms with van der Waals surface area (Å²) in [5.41, 5.74) is 0.366. The Morgan fingerprint density at radius 1 is 1.15 bits per heavy atom. The minimum atomic E-state index is -0.673. The summed E-state index contributed by atoms with van der Waals surface area (Å²) >= 11 is 3.45. The van der Waals surface area contributed by atoms with Crippen molar-refractivity contribution in [1.29, 1.82) is 0 Å². The summed E-state index contributed by atoms with van der Waals surface area (Å²) in [6, 6.07) is 7.89. The van der Waals surface area contributed by atoms with E-state index in [-0.39, 0.29) is 11.9 Å². The molecule has 1 rings (SSSR count). The fraction of sp³-hybridized carbons (Fsp3) is 0.682. The summed E-state index contributed by atoms with van der Waals surface area (Å²) in [5.74, 6) is 0.536. The number of hydrogen-bond donors (Lipinski definition) is 1. The molecule has 0 heterocycles. The number of hydrogen-bond acceptors (Lipinski definition) is 4. The Morgan fingerprint density at radius 2 is 1.85 bits per heavy atom. The molecular formula is C22H35BrO4. The van der Waals surface area contributed by atoms with Gasteiger partial charge >= 0.3 is 5.97 Å². The largest absolute Gasteiger partial charge is 0.493 e. The van der Waals surface area contributed by atoms with Gasteiger partial charge in [-0.1, -0.05) is 53.4 Å². The number of halogens is 1. The van der Waals surface area contributed by atoms with Crippen LogP contribution in [0.3, 0.4) is 0 Å². The lowest BCUT2D eigenvalue weighted by Crippen LogP contribution is -2.20. The third-order valence-electron chi connectivity index (χ3n) is 4.60. The summed E-state index contributed by atoms with van der Waals surface area (Å²) in [6.07, 6.45) is 7.45. The van der Waals surface area contributed by atoms with Crippen LogP contribution in [0.1, 0.15) is 64.4 Å². The van der Waals surface area contributed by atoms with E-state index in [0.29, 0.717) is 19.4 Å². The zero-order valence-electron chi connectivity index (χ0n) is 17.0. The molecule has 0 aliphatic carbocycles. The van der Waals surface area contributed by atoms with E-state index >= 15 is 0 Å². The molecule has 0 amide bonds. The number of methoxy groups -OCH3 is 1. The van der Waals surface area contributed by atoms with E-state index in [0.717, 1.165) is 42.3 Å². The van der Waals surface area contributed by atoms with Crippen LogP contribution in [-0.4, -0.2) is 35.7 Å². The van der Waals surface area contributed by atoms with Crippen LogP contribution >= 0.6 is 15.9 Å². The highest BCUT2D eigenvalue weighted by molar-refractivity contribution is 9.09. The molecule has 1 aromatic rings. The molecule has 0 saturated heterocycles. The van der Waals surface area contributed by atoms with Crippen molar-refractivity contribution in [2.24, 2.45) is 5.92 Å². The van der Waals surface area contributed by atoms with E-state index in [9.17, 15) is 9.90 Å². The second kappa shape index (κ2) is 13.2. The monoisotopic (exact) mass is 442 g/mol. The standard InChI is InChI=1S/C22H35BrO4/c1-22(2,25)14-10-16-27-20-13-8-7-11-18(20)17-19(21(24)26-3)12-6-4-5-9-15-23/h7-8,11,13,19,25H,4-6,9-10,12,14-17H2,1-3H3. The van der Waals surface area contributed by atoms with Crippen LogP contribution in [-0.2, 0) is 16.0 Å². The van der Waals surface area contributed by atoms with Crippen molar-refractivity contribution >= 4 is 21.9 Å². The van der Waals surface area contributed by atoms with Gasteiger partial charge in [0, 0.05) is 5.33 Å². The molecule has 1 unspecified atom stereocenters. The lowest BCUT2D eigenvalue weighted by atomic mass is 9.93. The molecule has 0 bridgehead atoms. The molecule has 1 aromatic carbocycles. The Balaban J connectivity index is 2.62. The van der Waals surface area contributed by atoms with E-state index in [1.807, 2.05) is 24.3 Å². The molecule has 0 aliphatic heterocycles. The predicted octanol–water partition coefficient (Wildman–Crippen LogP) is 5.29. The molecular weight excluding hydrogens is 408 g/mol. The number of benzene rings is 1.